The van der Waals surface area contributed by atoms with E-state index in [-0.39, 0.29) is 17.9 Å². The standard InChI is InChI=1S/C18H22N2O/c1-18(2,3)15-11-7-8-12-16(15)20-17(21)13-19-14-9-5-4-6-10-14/h4-12,19H,13H2,1-3H3,(H,20,21). The molecule has 0 heterocycles. The van der Waals surface area contributed by atoms with Gasteiger partial charge in [-0.05, 0) is 29.2 Å². The molecule has 0 saturated carbocycles. The van der Waals surface area contributed by atoms with Crippen LogP contribution in [0.5, 0.6) is 0 Å². The molecule has 2 aromatic rings. The highest BCUT2D eigenvalue weighted by Crippen LogP contribution is 2.29. The average Bonchev–Trinajstić information content (AvgIpc) is 2.46. The number of carbonyl (C=O) groups is 1. The molecule has 0 saturated heterocycles. The van der Waals surface area contributed by atoms with Crippen LogP contribution >= 0.6 is 0 Å². The summed E-state index contributed by atoms with van der Waals surface area (Å²) < 4.78 is 0. The Morgan fingerprint density at radius 1 is 0.952 bits per heavy atom. The van der Waals surface area contributed by atoms with Gasteiger partial charge in [0.05, 0.1) is 6.54 Å². The van der Waals surface area contributed by atoms with Crippen LogP contribution in [0.15, 0.2) is 54.6 Å². The molecule has 0 fully saturated rings. The Morgan fingerprint density at radius 2 is 1.57 bits per heavy atom. The Hall–Kier alpha value is -2.29. The molecular weight excluding hydrogens is 260 g/mol. The molecule has 0 aliphatic carbocycles. The summed E-state index contributed by atoms with van der Waals surface area (Å²) in [5.41, 5.74) is 2.95. The summed E-state index contributed by atoms with van der Waals surface area (Å²) in [6.45, 7) is 6.67. The van der Waals surface area contributed by atoms with E-state index >= 15 is 0 Å². The zero-order chi connectivity index (χ0) is 15.3. The molecule has 0 radical (unpaired) electrons. The van der Waals surface area contributed by atoms with Crippen molar-refractivity contribution < 1.29 is 4.79 Å². The second kappa shape index (κ2) is 6.44. The number of para-hydroxylation sites is 2. The molecule has 0 unspecified atom stereocenters. The van der Waals surface area contributed by atoms with Crippen LogP contribution in [0.4, 0.5) is 11.4 Å². The first-order chi connectivity index (χ1) is 9.97. The van der Waals surface area contributed by atoms with E-state index in [1.54, 1.807) is 0 Å². The van der Waals surface area contributed by atoms with E-state index in [1.807, 2.05) is 48.5 Å². The zero-order valence-electron chi connectivity index (χ0n) is 12.8. The zero-order valence-corrected chi connectivity index (χ0v) is 12.8. The van der Waals surface area contributed by atoms with Crippen molar-refractivity contribution in [1.82, 2.24) is 0 Å². The van der Waals surface area contributed by atoms with Gasteiger partial charge in [-0.1, -0.05) is 57.2 Å². The minimum Gasteiger partial charge on any atom is -0.376 e. The molecule has 0 spiro atoms. The molecule has 21 heavy (non-hydrogen) atoms. The van der Waals surface area contributed by atoms with Crippen LogP contribution in [0.3, 0.4) is 0 Å². The summed E-state index contributed by atoms with van der Waals surface area (Å²) in [5.74, 6) is -0.0458. The predicted molar refractivity (Wildman–Crippen MR) is 88.7 cm³/mol. The normalized spacial score (nSPS) is 11.0. The molecule has 0 atom stereocenters. The summed E-state index contributed by atoms with van der Waals surface area (Å²) >= 11 is 0. The van der Waals surface area contributed by atoms with Crippen LogP contribution in [0.1, 0.15) is 26.3 Å². The van der Waals surface area contributed by atoms with Crippen molar-refractivity contribution in [3.63, 3.8) is 0 Å². The minimum absolute atomic E-state index is 0.00324. The molecule has 2 aromatic carbocycles. The average molecular weight is 282 g/mol. The highest BCUT2D eigenvalue weighted by atomic mass is 16.1. The monoisotopic (exact) mass is 282 g/mol. The van der Waals surface area contributed by atoms with Crippen LogP contribution in [-0.4, -0.2) is 12.5 Å². The molecule has 110 valence electrons. The van der Waals surface area contributed by atoms with Crippen molar-refractivity contribution in [2.75, 3.05) is 17.2 Å². The number of amides is 1. The fourth-order valence-corrected chi connectivity index (χ4v) is 2.18. The maximum Gasteiger partial charge on any atom is 0.243 e. The van der Waals surface area contributed by atoms with E-state index in [1.165, 1.54) is 0 Å². The molecule has 0 bridgehead atoms. The van der Waals surface area contributed by atoms with Crippen molar-refractivity contribution >= 4 is 17.3 Å². The lowest BCUT2D eigenvalue weighted by atomic mass is 9.86. The molecule has 0 aliphatic rings. The minimum atomic E-state index is -0.0458. The Balaban J connectivity index is 2.00. The number of carbonyl (C=O) groups excluding carboxylic acids is 1. The summed E-state index contributed by atoms with van der Waals surface area (Å²) in [5, 5.41) is 6.10. The van der Waals surface area contributed by atoms with E-state index in [2.05, 4.69) is 37.5 Å². The van der Waals surface area contributed by atoms with Gasteiger partial charge < -0.3 is 10.6 Å². The Morgan fingerprint density at radius 3 is 2.24 bits per heavy atom. The van der Waals surface area contributed by atoms with Gasteiger partial charge in [0.15, 0.2) is 0 Å². The number of benzene rings is 2. The van der Waals surface area contributed by atoms with Crippen LogP contribution in [0.25, 0.3) is 0 Å². The lowest BCUT2D eigenvalue weighted by Gasteiger charge is -2.23. The molecule has 0 aliphatic heterocycles. The Labute approximate surface area is 126 Å². The number of rotatable bonds is 4. The molecule has 0 aromatic heterocycles. The second-order valence-electron chi connectivity index (χ2n) is 6.06. The maximum atomic E-state index is 12.1. The van der Waals surface area contributed by atoms with Crippen LogP contribution < -0.4 is 10.6 Å². The fourth-order valence-electron chi connectivity index (χ4n) is 2.18. The van der Waals surface area contributed by atoms with Gasteiger partial charge in [0.1, 0.15) is 0 Å². The first-order valence-electron chi connectivity index (χ1n) is 7.15. The summed E-state index contributed by atoms with van der Waals surface area (Å²) in [7, 11) is 0. The van der Waals surface area contributed by atoms with E-state index in [4.69, 9.17) is 0 Å². The first kappa shape index (κ1) is 15.1. The molecule has 1 amide bonds. The predicted octanol–water partition coefficient (Wildman–Crippen LogP) is 4.03. The third-order valence-corrected chi connectivity index (χ3v) is 3.24. The molecule has 2 rings (SSSR count). The van der Waals surface area contributed by atoms with Crippen LogP contribution in [-0.2, 0) is 10.2 Å². The maximum absolute atomic E-state index is 12.1. The van der Waals surface area contributed by atoms with Gasteiger partial charge in [-0.15, -0.1) is 0 Å². The van der Waals surface area contributed by atoms with Gasteiger partial charge in [0, 0.05) is 11.4 Å². The van der Waals surface area contributed by atoms with Crippen molar-refractivity contribution in [3.05, 3.63) is 60.2 Å². The van der Waals surface area contributed by atoms with Gasteiger partial charge in [-0.3, -0.25) is 4.79 Å². The first-order valence-corrected chi connectivity index (χ1v) is 7.15. The SMILES string of the molecule is CC(C)(C)c1ccccc1NC(=O)CNc1ccccc1. The quantitative estimate of drug-likeness (QED) is 0.888. The van der Waals surface area contributed by atoms with E-state index in [0.29, 0.717) is 0 Å². The van der Waals surface area contributed by atoms with Gasteiger partial charge in [-0.25, -0.2) is 0 Å². The van der Waals surface area contributed by atoms with Crippen LogP contribution in [0, 0.1) is 0 Å². The smallest absolute Gasteiger partial charge is 0.243 e. The molecule has 2 N–H and O–H groups in total. The lowest BCUT2D eigenvalue weighted by Crippen LogP contribution is -2.24. The van der Waals surface area contributed by atoms with Crippen molar-refractivity contribution in [1.29, 1.82) is 0 Å². The third-order valence-electron chi connectivity index (χ3n) is 3.24. The number of anilines is 2. The second-order valence-corrected chi connectivity index (χ2v) is 6.06. The Bertz CT molecular complexity index is 600. The third kappa shape index (κ3) is 4.35. The van der Waals surface area contributed by atoms with Crippen molar-refractivity contribution in [3.8, 4) is 0 Å². The molecular formula is C18H22N2O. The van der Waals surface area contributed by atoms with Gasteiger partial charge >= 0.3 is 0 Å². The number of hydrogen-bond acceptors (Lipinski definition) is 2. The van der Waals surface area contributed by atoms with Gasteiger partial charge in [0.25, 0.3) is 0 Å². The van der Waals surface area contributed by atoms with E-state index in [9.17, 15) is 4.79 Å². The van der Waals surface area contributed by atoms with Crippen molar-refractivity contribution in [2.45, 2.75) is 26.2 Å². The van der Waals surface area contributed by atoms with E-state index < -0.39 is 0 Å². The lowest BCUT2D eigenvalue weighted by molar-refractivity contribution is -0.114. The summed E-state index contributed by atoms with van der Waals surface area (Å²) in [6, 6.07) is 17.6. The topological polar surface area (TPSA) is 41.1 Å². The van der Waals surface area contributed by atoms with Gasteiger partial charge in [-0.2, -0.15) is 0 Å². The largest absolute Gasteiger partial charge is 0.376 e. The fraction of sp³-hybridized carbons (Fsp3) is 0.278. The Kier molecular flexibility index (Phi) is 4.63. The number of nitrogens with one attached hydrogen (secondary N) is 2. The van der Waals surface area contributed by atoms with Gasteiger partial charge in [0.2, 0.25) is 5.91 Å². The van der Waals surface area contributed by atoms with E-state index in [0.717, 1.165) is 16.9 Å². The van der Waals surface area contributed by atoms with Crippen molar-refractivity contribution in [2.24, 2.45) is 0 Å². The highest BCUT2D eigenvalue weighted by Gasteiger charge is 2.18. The summed E-state index contributed by atoms with van der Waals surface area (Å²) in [6.07, 6.45) is 0. The number of hydrogen-bond donors (Lipinski definition) is 2. The highest BCUT2D eigenvalue weighted by molar-refractivity contribution is 5.94. The molecule has 3 nitrogen and oxygen atoms in total. The summed E-state index contributed by atoms with van der Waals surface area (Å²) in [4.78, 5) is 12.1. The molecule has 3 heteroatoms. The van der Waals surface area contributed by atoms with Crippen LogP contribution in [0.2, 0.25) is 0 Å².